The summed E-state index contributed by atoms with van der Waals surface area (Å²) in [5.74, 6) is 0. The van der Waals surface area contributed by atoms with Crippen LogP contribution < -0.4 is 0 Å². The van der Waals surface area contributed by atoms with E-state index >= 15 is 0 Å². The van der Waals surface area contributed by atoms with E-state index in [2.05, 4.69) is 12.2 Å². The molecule has 0 N–H and O–H groups in total. The first kappa shape index (κ1) is 5.08. The molecule has 0 atom stereocenters. The van der Waals surface area contributed by atoms with E-state index < -0.39 is 0 Å². The van der Waals surface area contributed by atoms with Gasteiger partial charge in [0.1, 0.15) is 11.1 Å². The fraction of sp³-hybridized carbons (Fsp3) is 0. The molecular formula is COS4. The molecule has 1 saturated heterocycles. The van der Waals surface area contributed by atoms with E-state index in [1.165, 1.54) is 21.9 Å². The lowest BCUT2D eigenvalue weighted by atomic mass is 11.7. The maximum atomic E-state index is 4.73. The SMILES string of the molecule is S=C1OSSS1. The predicted octanol–water partition coefficient (Wildman–Crippen LogP) is 2.25. The van der Waals surface area contributed by atoms with E-state index in [0.717, 1.165) is 0 Å². The van der Waals surface area contributed by atoms with Crippen molar-refractivity contribution >= 4 is 48.3 Å². The van der Waals surface area contributed by atoms with E-state index in [0.29, 0.717) is 4.38 Å². The summed E-state index contributed by atoms with van der Waals surface area (Å²) in [4.78, 5) is 0. The van der Waals surface area contributed by atoms with Crippen molar-refractivity contribution < 1.29 is 4.18 Å². The van der Waals surface area contributed by atoms with Gasteiger partial charge in [0.25, 0.3) is 0 Å². The smallest absolute Gasteiger partial charge is 0.247 e. The summed E-state index contributed by atoms with van der Waals surface area (Å²) in [6, 6.07) is 0. The summed E-state index contributed by atoms with van der Waals surface area (Å²) >= 11 is 5.94. The number of thiocarbonyl (C=S) groups is 1. The Morgan fingerprint density at radius 1 is 1.67 bits per heavy atom. The highest BCUT2D eigenvalue weighted by Crippen LogP contribution is 2.44. The summed E-state index contributed by atoms with van der Waals surface area (Å²) in [6.07, 6.45) is 0. The van der Waals surface area contributed by atoms with Crippen LogP contribution in [0.2, 0.25) is 0 Å². The molecule has 34 valence electrons. The summed E-state index contributed by atoms with van der Waals surface area (Å²) in [5, 5.41) is 0. The van der Waals surface area contributed by atoms with Gasteiger partial charge in [-0.1, -0.05) is 0 Å². The zero-order valence-corrected chi connectivity index (χ0v) is 5.81. The van der Waals surface area contributed by atoms with Crippen LogP contribution in [-0.2, 0) is 4.18 Å². The monoisotopic (exact) mass is 156 g/mol. The second-order valence-corrected chi connectivity index (χ2v) is 4.70. The minimum atomic E-state index is 0.630. The predicted molar refractivity (Wildman–Crippen MR) is 36.5 cm³/mol. The Kier molecular flexibility index (Phi) is 1.95. The number of hydrogen-bond acceptors (Lipinski definition) is 5. The molecule has 1 aliphatic rings. The van der Waals surface area contributed by atoms with E-state index in [4.69, 9.17) is 4.18 Å². The summed E-state index contributed by atoms with van der Waals surface area (Å²) in [5.41, 5.74) is 0. The van der Waals surface area contributed by atoms with Gasteiger partial charge in [0.05, 0.1) is 0 Å². The van der Waals surface area contributed by atoms with Crippen LogP contribution >= 0.6 is 43.9 Å². The first-order chi connectivity index (χ1) is 2.89. The van der Waals surface area contributed by atoms with E-state index in [9.17, 15) is 0 Å². The van der Waals surface area contributed by atoms with Crippen LogP contribution in [0.25, 0.3) is 0 Å². The molecule has 0 unspecified atom stereocenters. The average Bonchev–Trinajstić information content (AvgIpc) is 1.86. The molecule has 0 aromatic carbocycles. The second kappa shape index (κ2) is 2.30. The van der Waals surface area contributed by atoms with Gasteiger partial charge in [-0.3, -0.25) is 0 Å². The highest BCUT2D eigenvalue weighted by Gasteiger charge is 2.08. The molecule has 0 aliphatic carbocycles. The minimum absolute atomic E-state index is 0.630. The summed E-state index contributed by atoms with van der Waals surface area (Å²) in [7, 11) is 3.04. The molecule has 1 nitrogen and oxygen atoms in total. The maximum Gasteiger partial charge on any atom is 0.247 e. The molecule has 0 aromatic heterocycles. The largest absolute Gasteiger partial charge is 0.394 e. The topological polar surface area (TPSA) is 9.23 Å². The summed E-state index contributed by atoms with van der Waals surface area (Å²) < 4.78 is 5.36. The fourth-order valence-electron chi connectivity index (χ4n) is 0.0972. The normalized spacial score (nSPS) is 21.0. The Morgan fingerprint density at radius 3 is 2.67 bits per heavy atom. The van der Waals surface area contributed by atoms with Crippen molar-refractivity contribution in [3.63, 3.8) is 0 Å². The lowest BCUT2D eigenvalue weighted by Crippen LogP contribution is -1.72. The van der Waals surface area contributed by atoms with E-state index in [1.54, 1.807) is 9.83 Å². The van der Waals surface area contributed by atoms with Crippen molar-refractivity contribution in [2.45, 2.75) is 0 Å². The molecule has 0 spiro atoms. The average molecular weight is 156 g/mol. The Morgan fingerprint density at radius 2 is 2.50 bits per heavy atom. The zero-order valence-electron chi connectivity index (χ0n) is 2.54. The Labute approximate surface area is 52.6 Å². The molecule has 0 amide bonds. The molecule has 5 heteroatoms. The van der Waals surface area contributed by atoms with Crippen molar-refractivity contribution in [3.8, 4) is 0 Å². The lowest BCUT2D eigenvalue weighted by Gasteiger charge is -1.77. The van der Waals surface area contributed by atoms with Gasteiger partial charge in [-0.2, -0.15) is 0 Å². The Balaban J connectivity index is 2.37. The lowest BCUT2D eigenvalue weighted by molar-refractivity contribution is 0.694. The molecule has 1 heterocycles. The van der Waals surface area contributed by atoms with Crippen LogP contribution in [0.5, 0.6) is 0 Å². The highest BCUT2D eigenvalue weighted by molar-refractivity contribution is 9.13. The molecule has 1 fully saturated rings. The van der Waals surface area contributed by atoms with E-state index in [-0.39, 0.29) is 0 Å². The van der Waals surface area contributed by atoms with Crippen molar-refractivity contribution in [1.29, 1.82) is 0 Å². The molecular weight excluding hydrogens is 156 g/mol. The standard InChI is InChI=1S/COS4/c3-1-2-5-6-4-1. The van der Waals surface area contributed by atoms with Gasteiger partial charge in [0.2, 0.25) is 4.38 Å². The van der Waals surface area contributed by atoms with Crippen LogP contribution in [0.4, 0.5) is 0 Å². The van der Waals surface area contributed by atoms with Crippen LogP contribution in [-0.4, -0.2) is 4.38 Å². The van der Waals surface area contributed by atoms with Crippen LogP contribution in [0.15, 0.2) is 0 Å². The van der Waals surface area contributed by atoms with Crippen molar-refractivity contribution in [2.75, 3.05) is 0 Å². The van der Waals surface area contributed by atoms with Gasteiger partial charge in [-0.15, -0.1) is 0 Å². The molecule has 1 rings (SSSR count). The molecule has 0 bridgehead atoms. The zero-order chi connectivity index (χ0) is 4.41. The fourth-order valence-corrected chi connectivity index (χ4v) is 3.37. The first-order valence-electron chi connectivity index (χ1n) is 1.11. The van der Waals surface area contributed by atoms with E-state index in [1.807, 2.05) is 0 Å². The third-order valence-electron chi connectivity index (χ3n) is 0.232. The number of hydrogen-bond donors (Lipinski definition) is 0. The van der Waals surface area contributed by atoms with Gasteiger partial charge in [-0.25, -0.2) is 0 Å². The third kappa shape index (κ3) is 1.22. The molecule has 1 aliphatic heterocycles. The molecule has 0 aromatic rings. The molecule has 0 radical (unpaired) electrons. The first-order valence-corrected chi connectivity index (χ1v) is 4.93. The van der Waals surface area contributed by atoms with Crippen molar-refractivity contribution in [2.24, 2.45) is 0 Å². The summed E-state index contributed by atoms with van der Waals surface area (Å²) in [6.45, 7) is 0. The third-order valence-corrected chi connectivity index (χ3v) is 3.81. The highest BCUT2D eigenvalue weighted by atomic mass is 33.5. The van der Waals surface area contributed by atoms with Crippen molar-refractivity contribution in [1.82, 2.24) is 0 Å². The maximum absolute atomic E-state index is 4.73. The van der Waals surface area contributed by atoms with Crippen LogP contribution in [0, 0.1) is 0 Å². The second-order valence-electron chi connectivity index (χ2n) is 0.553. The Bertz CT molecular complexity index is 61.9. The Hall–Kier alpha value is 0.940. The van der Waals surface area contributed by atoms with Gasteiger partial charge < -0.3 is 4.18 Å². The van der Waals surface area contributed by atoms with Gasteiger partial charge in [0.15, 0.2) is 0 Å². The van der Waals surface area contributed by atoms with Gasteiger partial charge in [-0.05, 0) is 12.2 Å². The van der Waals surface area contributed by atoms with Gasteiger partial charge in [0, 0.05) is 20.6 Å². The minimum Gasteiger partial charge on any atom is -0.394 e. The quantitative estimate of drug-likeness (QED) is 0.301. The molecule has 0 saturated carbocycles. The van der Waals surface area contributed by atoms with Gasteiger partial charge >= 0.3 is 0 Å². The van der Waals surface area contributed by atoms with Crippen molar-refractivity contribution in [3.05, 3.63) is 0 Å². The van der Waals surface area contributed by atoms with Crippen LogP contribution in [0.3, 0.4) is 0 Å². The number of rotatable bonds is 0. The molecule has 6 heavy (non-hydrogen) atoms. The van der Waals surface area contributed by atoms with Crippen LogP contribution in [0.1, 0.15) is 0 Å².